The number of rotatable bonds is 6. The lowest BCUT2D eigenvalue weighted by Crippen LogP contribution is -2.63. The molecule has 2 aliphatic rings. The first-order valence-corrected chi connectivity index (χ1v) is 10.1. The molecule has 0 aromatic carbocycles. The molecule has 1 saturated carbocycles. The molecule has 1 aliphatic carbocycles. The fourth-order valence-corrected chi connectivity index (χ4v) is 4.88. The summed E-state index contributed by atoms with van der Waals surface area (Å²) in [6.07, 6.45) is 9.58. The van der Waals surface area contributed by atoms with Crippen molar-refractivity contribution in [3.63, 3.8) is 0 Å². The van der Waals surface area contributed by atoms with Crippen molar-refractivity contribution in [1.29, 1.82) is 0 Å². The molecule has 0 unspecified atom stereocenters. The molecule has 0 bridgehead atoms. The van der Waals surface area contributed by atoms with Gasteiger partial charge in [-0.05, 0) is 30.4 Å². The molecule has 0 amide bonds. The minimum atomic E-state index is -0.288. The van der Waals surface area contributed by atoms with Crippen LogP contribution in [0, 0.1) is 11.3 Å². The highest BCUT2D eigenvalue weighted by Gasteiger charge is 2.53. The fourth-order valence-electron chi connectivity index (χ4n) is 4.88. The van der Waals surface area contributed by atoms with E-state index in [9.17, 15) is 9.18 Å². The molecule has 0 N–H and O–H groups in total. The highest BCUT2D eigenvalue weighted by Crippen LogP contribution is 2.52. The number of aromatic nitrogens is 4. The number of hydrogen-bond acceptors (Lipinski definition) is 5. The zero-order chi connectivity index (χ0) is 20.0. The van der Waals surface area contributed by atoms with Gasteiger partial charge in [0.2, 0.25) is 0 Å². The van der Waals surface area contributed by atoms with E-state index >= 15 is 0 Å². The van der Waals surface area contributed by atoms with Crippen LogP contribution in [0.2, 0.25) is 0 Å². The van der Waals surface area contributed by atoms with Crippen LogP contribution in [-0.4, -0.2) is 56.7 Å². The number of Topliss-reactive ketones (excluding diaryl/α,β-unsaturated/α-hetero) is 1. The Hall–Kier alpha value is -2.67. The van der Waals surface area contributed by atoms with Crippen molar-refractivity contribution in [2.45, 2.75) is 19.3 Å². The summed E-state index contributed by atoms with van der Waals surface area (Å²) in [5.74, 6) is 0.391. The fraction of sp³-hybridized carbons (Fsp3) is 0.455. The Bertz CT molecular complexity index is 1060. The van der Waals surface area contributed by atoms with Crippen molar-refractivity contribution >= 4 is 16.7 Å². The van der Waals surface area contributed by atoms with Crippen LogP contribution in [0.3, 0.4) is 0 Å². The van der Waals surface area contributed by atoms with E-state index < -0.39 is 0 Å². The lowest BCUT2D eigenvalue weighted by molar-refractivity contribution is -0.141. The van der Waals surface area contributed by atoms with Gasteiger partial charge in [-0.1, -0.05) is 0 Å². The standard InChI is InChI=1S/C22H24FN5O/c1-27-12-18(10-26-27)16-4-15-5-19(24-11-20(15)25-9-16)6-21(29)17-7-22(8-17)13-28(14-22)3-2-23/h4-5,9-12,17H,2-3,6-8,13-14H2,1H3. The number of halogens is 1. The SMILES string of the molecule is Cn1cc(-c2cnc3cnc(CC(=O)C4CC5(C4)CN(CCF)C5)cc3c2)cn1. The number of alkyl halides is 1. The maximum atomic E-state index is 12.7. The number of nitrogens with zero attached hydrogens (tertiary/aromatic N) is 5. The smallest absolute Gasteiger partial charge is 0.141 e. The molecule has 3 aromatic heterocycles. The van der Waals surface area contributed by atoms with Crippen molar-refractivity contribution in [2.75, 3.05) is 26.3 Å². The molecule has 6 nitrogen and oxygen atoms in total. The van der Waals surface area contributed by atoms with Gasteiger partial charge in [0.25, 0.3) is 0 Å². The summed E-state index contributed by atoms with van der Waals surface area (Å²) in [4.78, 5) is 23.8. The average molecular weight is 393 g/mol. The van der Waals surface area contributed by atoms with Crippen LogP contribution in [0.5, 0.6) is 0 Å². The lowest BCUT2D eigenvalue weighted by Gasteiger charge is -2.58. The van der Waals surface area contributed by atoms with E-state index in [1.54, 1.807) is 10.9 Å². The van der Waals surface area contributed by atoms with Crippen molar-refractivity contribution in [1.82, 2.24) is 24.6 Å². The Morgan fingerprint density at radius 1 is 1.17 bits per heavy atom. The van der Waals surface area contributed by atoms with Crippen LogP contribution in [0.1, 0.15) is 18.5 Å². The molecule has 2 fully saturated rings. The molecule has 1 saturated heterocycles. The first-order chi connectivity index (χ1) is 14.0. The predicted octanol–water partition coefficient (Wildman–Crippen LogP) is 2.82. The maximum absolute atomic E-state index is 12.7. The van der Waals surface area contributed by atoms with Gasteiger partial charge in [-0.25, -0.2) is 4.39 Å². The molecule has 7 heteroatoms. The van der Waals surface area contributed by atoms with Gasteiger partial charge in [0.1, 0.15) is 12.5 Å². The van der Waals surface area contributed by atoms with E-state index in [-0.39, 0.29) is 23.8 Å². The first kappa shape index (κ1) is 18.4. The molecular formula is C22H24FN5O. The summed E-state index contributed by atoms with van der Waals surface area (Å²) < 4.78 is 14.2. The van der Waals surface area contributed by atoms with Crippen molar-refractivity contribution in [3.8, 4) is 11.1 Å². The predicted molar refractivity (Wildman–Crippen MR) is 108 cm³/mol. The molecule has 3 aromatic rings. The van der Waals surface area contributed by atoms with Crippen LogP contribution in [-0.2, 0) is 18.3 Å². The number of aryl methyl sites for hydroxylation is 1. The van der Waals surface area contributed by atoms with Gasteiger partial charge in [-0.2, -0.15) is 5.10 Å². The molecule has 0 radical (unpaired) electrons. The van der Waals surface area contributed by atoms with Gasteiger partial charge >= 0.3 is 0 Å². The van der Waals surface area contributed by atoms with Crippen molar-refractivity contribution in [3.05, 3.63) is 42.6 Å². The highest BCUT2D eigenvalue weighted by atomic mass is 19.1. The lowest BCUT2D eigenvalue weighted by atomic mass is 9.56. The van der Waals surface area contributed by atoms with Crippen LogP contribution >= 0.6 is 0 Å². The minimum Gasteiger partial charge on any atom is -0.300 e. The number of fused-ring (bicyclic) bond motifs is 1. The monoisotopic (exact) mass is 393 g/mol. The van der Waals surface area contributed by atoms with Gasteiger partial charge in [-0.3, -0.25) is 24.3 Å². The van der Waals surface area contributed by atoms with Crippen molar-refractivity contribution < 1.29 is 9.18 Å². The molecule has 29 heavy (non-hydrogen) atoms. The number of carbonyl (C=O) groups excluding carboxylic acids is 1. The number of hydrogen-bond donors (Lipinski definition) is 0. The Balaban J connectivity index is 1.25. The highest BCUT2D eigenvalue weighted by molar-refractivity contribution is 5.87. The summed E-state index contributed by atoms with van der Waals surface area (Å²) in [5, 5.41) is 5.20. The Kier molecular flexibility index (Phi) is 4.42. The van der Waals surface area contributed by atoms with Gasteiger partial charge < -0.3 is 0 Å². The van der Waals surface area contributed by atoms with E-state index in [2.05, 4.69) is 26.0 Å². The Labute approximate surface area is 168 Å². The Morgan fingerprint density at radius 2 is 2.00 bits per heavy atom. The second kappa shape index (κ2) is 6.99. The molecule has 1 spiro atoms. The van der Waals surface area contributed by atoms with Gasteiger partial charge in [0.05, 0.1) is 17.9 Å². The van der Waals surface area contributed by atoms with Gasteiger partial charge in [-0.15, -0.1) is 0 Å². The summed E-state index contributed by atoms with van der Waals surface area (Å²) in [5.41, 5.74) is 3.89. The van der Waals surface area contributed by atoms with Crippen LogP contribution < -0.4 is 0 Å². The maximum Gasteiger partial charge on any atom is 0.141 e. The summed E-state index contributed by atoms with van der Waals surface area (Å²) in [7, 11) is 1.89. The quantitative estimate of drug-likeness (QED) is 0.644. The summed E-state index contributed by atoms with van der Waals surface area (Å²) in [6, 6.07) is 4.04. The molecule has 4 heterocycles. The Morgan fingerprint density at radius 3 is 2.72 bits per heavy atom. The number of likely N-dealkylation sites (tertiary alicyclic amines) is 1. The van der Waals surface area contributed by atoms with E-state index in [0.717, 1.165) is 53.7 Å². The number of pyridine rings is 2. The van der Waals surface area contributed by atoms with Crippen molar-refractivity contribution in [2.24, 2.45) is 18.4 Å². The first-order valence-electron chi connectivity index (χ1n) is 10.1. The van der Waals surface area contributed by atoms with Crippen LogP contribution in [0.15, 0.2) is 36.9 Å². The van der Waals surface area contributed by atoms with Gasteiger partial charge in [0, 0.05) is 73.6 Å². The molecule has 0 atom stereocenters. The topological polar surface area (TPSA) is 63.9 Å². The molecular weight excluding hydrogens is 369 g/mol. The van der Waals surface area contributed by atoms with E-state index in [1.165, 1.54) is 0 Å². The summed E-state index contributed by atoms with van der Waals surface area (Å²) in [6.45, 7) is 2.12. The third kappa shape index (κ3) is 3.44. The van der Waals surface area contributed by atoms with Crippen LogP contribution in [0.25, 0.3) is 22.0 Å². The minimum absolute atomic E-state index is 0.125. The van der Waals surface area contributed by atoms with Crippen LogP contribution in [0.4, 0.5) is 4.39 Å². The molecule has 5 rings (SSSR count). The third-order valence-electron chi connectivity index (χ3n) is 6.35. The average Bonchev–Trinajstić information content (AvgIpc) is 3.08. The largest absolute Gasteiger partial charge is 0.300 e. The normalized spacial score (nSPS) is 18.7. The number of carbonyl (C=O) groups is 1. The molecule has 150 valence electrons. The second-order valence-corrected chi connectivity index (χ2v) is 8.64. The van der Waals surface area contributed by atoms with E-state index in [4.69, 9.17) is 0 Å². The zero-order valence-corrected chi connectivity index (χ0v) is 16.5. The molecule has 1 aliphatic heterocycles. The van der Waals surface area contributed by atoms with E-state index in [0.29, 0.717) is 13.0 Å². The third-order valence-corrected chi connectivity index (χ3v) is 6.35. The number of ketones is 1. The van der Waals surface area contributed by atoms with E-state index in [1.807, 2.05) is 31.7 Å². The van der Waals surface area contributed by atoms with Gasteiger partial charge in [0.15, 0.2) is 0 Å². The summed E-state index contributed by atoms with van der Waals surface area (Å²) >= 11 is 0. The second-order valence-electron chi connectivity index (χ2n) is 8.64. The zero-order valence-electron chi connectivity index (χ0n) is 16.5.